The average Bonchev–Trinajstić information content (AvgIpc) is 3.03. The highest BCUT2D eigenvalue weighted by atomic mass is 32.2. The summed E-state index contributed by atoms with van der Waals surface area (Å²) >= 11 is 1.35. The molecule has 0 atom stereocenters. The standard InChI is InChI=1S/C25H28N2O4S/c1-18(2)31-20-10-8-19(9-11-20)22-23(32-21-6-4-3-5-7-21)25(29)27(24(22)28)13-12-26-14-16-30-17-15-26/h3-11,18H,12-17H2,1-2H3. The maximum Gasteiger partial charge on any atom is 0.268 e. The molecule has 0 spiro atoms. The number of thioether (sulfide) groups is 1. The summed E-state index contributed by atoms with van der Waals surface area (Å²) in [5.74, 6) is 0.274. The predicted molar refractivity (Wildman–Crippen MR) is 125 cm³/mol. The summed E-state index contributed by atoms with van der Waals surface area (Å²) < 4.78 is 11.1. The van der Waals surface area contributed by atoms with Gasteiger partial charge in [0.15, 0.2) is 0 Å². The largest absolute Gasteiger partial charge is 0.491 e. The predicted octanol–water partition coefficient (Wildman–Crippen LogP) is 3.68. The molecule has 0 N–H and O–H groups in total. The molecule has 2 aliphatic rings. The van der Waals surface area contributed by atoms with Gasteiger partial charge in [-0.1, -0.05) is 42.1 Å². The monoisotopic (exact) mass is 452 g/mol. The third-order valence-corrected chi connectivity index (χ3v) is 6.44. The van der Waals surface area contributed by atoms with Crippen LogP contribution in [-0.4, -0.2) is 67.1 Å². The lowest BCUT2D eigenvalue weighted by molar-refractivity contribution is -0.136. The van der Waals surface area contributed by atoms with Gasteiger partial charge in [-0.15, -0.1) is 0 Å². The van der Waals surface area contributed by atoms with Crippen LogP contribution in [0.15, 0.2) is 64.4 Å². The fourth-order valence-electron chi connectivity index (χ4n) is 3.75. The van der Waals surface area contributed by atoms with Crippen LogP contribution >= 0.6 is 11.8 Å². The zero-order valence-corrected chi connectivity index (χ0v) is 19.3. The quantitative estimate of drug-likeness (QED) is 0.570. The fourth-order valence-corrected chi connectivity index (χ4v) is 4.78. The second-order valence-corrected chi connectivity index (χ2v) is 9.11. The molecule has 168 valence electrons. The zero-order valence-electron chi connectivity index (χ0n) is 18.5. The van der Waals surface area contributed by atoms with Crippen LogP contribution in [0.1, 0.15) is 19.4 Å². The van der Waals surface area contributed by atoms with E-state index in [1.54, 1.807) is 0 Å². The summed E-state index contributed by atoms with van der Waals surface area (Å²) in [5, 5.41) is 0. The van der Waals surface area contributed by atoms with E-state index in [0.29, 0.717) is 36.8 Å². The Kier molecular flexibility index (Phi) is 7.29. The summed E-state index contributed by atoms with van der Waals surface area (Å²) in [4.78, 5) is 31.8. The average molecular weight is 453 g/mol. The molecule has 2 heterocycles. The Bertz CT molecular complexity index is 983. The van der Waals surface area contributed by atoms with Crippen molar-refractivity contribution in [1.29, 1.82) is 0 Å². The fraction of sp³-hybridized carbons (Fsp3) is 0.360. The lowest BCUT2D eigenvalue weighted by Crippen LogP contribution is -2.43. The van der Waals surface area contributed by atoms with Crippen molar-refractivity contribution in [1.82, 2.24) is 9.80 Å². The van der Waals surface area contributed by atoms with Crippen LogP contribution in [0.5, 0.6) is 5.75 Å². The highest BCUT2D eigenvalue weighted by Gasteiger charge is 2.39. The molecule has 0 saturated carbocycles. The second-order valence-electron chi connectivity index (χ2n) is 8.03. The lowest BCUT2D eigenvalue weighted by atomic mass is 10.1. The van der Waals surface area contributed by atoms with E-state index in [9.17, 15) is 9.59 Å². The number of hydrogen-bond donors (Lipinski definition) is 0. The van der Waals surface area contributed by atoms with Crippen molar-refractivity contribution in [3.8, 4) is 5.75 Å². The highest BCUT2D eigenvalue weighted by Crippen LogP contribution is 2.39. The van der Waals surface area contributed by atoms with Crippen molar-refractivity contribution in [2.45, 2.75) is 24.8 Å². The van der Waals surface area contributed by atoms with E-state index in [1.165, 1.54) is 16.7 Å². The number of carbonyl (C=O) groups excluding carboxylic acids is 2. The number of carbonyl (C=O) groups is 2. The van der Waals surface area contributed by atoms with Crippen molar-refractivity contribution in [3.63, 3.8) is 0 Å². The first-order valence-electron chi connectivity index (χ1n) is 10.9. The van der Waals surface area contributed by atoms with Gasteiger partial charge in [0, 0.05) is 31.1 Å². The van der Waals surface area contributed by atoms with Crippen LogP contribution in [0.3, 0.4) is 0 Å². The molecule has 0 unspecified atom stereocenters. The molecule has 32 heavy (non-hydrogen) atoms. The van der Waals surface area contributed by atoms with Gasteiger partial charge in [-0.2, -0.15) is 0 Å². The van der Waals surface area contributed by atoms with E-state index in [0.717, 1.165) is 29.3 Å². The molecule has 2 aromatic carbocycles. The summed E-state index contributed by atoms with van der Waals surface area (Å²) in [6.07, 6.45) is 0.0645. The number of benzene rings is 2. The number of imide groups is 1. The third kappa shape index (κ3) is 5.23. The van der Waals surface area contributed by atoms with Gasteiger partial charge < -0.3 is 9.47 Å². The second kappa shape index (κ2) is 10.3. The Labute approximate surface area is 193 Å². The van der Waals surface area contributed by atoms with Crippen LogP contribution in [0.4, 0.5) is 0 Å². The Hall–Kier alpha value is -2.61. The van der Waals surface area contributed by atoms with Gasteiger partial charge in [-0.25, -0.2) is 0 Å². The molecule has 0 radical (unpaired) electrons. The first-order valence-corrected chi connectivity index (χ1v) is 11.7. The van der Waals surface area contributed by atoms with Gasteiger partial charge in [0.25, 0.3) is 11.8 Å². The van der Waals surface area contributed by atoms with Crippen molar-refractivity contribution in [2.24, 2.45) is 0 Å². The van der Waals surface area contributed by atoms with Gasteiger partial charge in [-0.3, -0.25) is 19.4 Å². The summed E-state index contributed by atoms with van der Waals surface area (Å²) in [7, 11) is 0. The van der Waals surface area contributed by atoms with Gasteiger partial charge in [0.05, 0.1) is 29.8 Å². The van der Waals surface area contributed by atoms with Crippen molar-refractivity contribution in [3.05, 3.63) is 65.1 Å². The van der Waals surface area contributed by atoms with Gasteiger partial charge >= 0.3 is 0 Å². The maximum absolute atomic E-state index is 13.4. The summed E-state index contributed by atoms with van der Waals surface area (Å²) in [6, 6.07) is 17.1. The van der Waals surface area contributed by atoms with Crippen LogP contribution in [0.2, 0.25) is 0 Å². The highest BCUT2D eigenvalue weighted by molar-refractivity contribution is 8.04. The first kappa shape index (κ1) is 22.6. The number of hydrogen-bond acceptors (Lipinski definition) is 6. The van der Waals surface area contributed by atoms with E-state index in [-0.39, 0.29) is 17.9 Å². The number of rotatable bonds is 8. The van der Waals surface area contributed by atoms with Crippen molar-refractivity contribution < 1.29 is 19.1 Å². The molecule has 1 fully saturated rings. The molecule has 2 aliphatic heterocycles. The molecular weight excluding hydrogens is 424 g/mol. The number of morpholine rings is 1. The molecule has 0 aromatic heterocycles. The zero-order chi connectivity index (χ0) is 22.5. The minimum Gasteiger partial charge on any atom is -0.491 e. The van der Waals surface area contributed by atoms with E-state index < -0.39 is 0 Å². The van der Waals surface area contributed by atoms with Gasteiger partial charge in [0.1, 0.15) is 5.75 Å². The molecule has 7 heteroatoms. The van der Waals surface area contributed by atoms with Crippen LogP contribution in [0, 0.1) is 0 Å². The Morgan fingerprint density at radius 3 is 2.28 bits per heavy atom. The smallest absolute Gasteiger partial charge is 0.268 e. The van der Waals surface area contributed by atoms with E-state index in [2.05, 4.69) is 4.90 Å². The summed E-state index contributed by atoms with van der Waals surface area (Å²) in [6.45, 7) is 7.97. The maximum atomic E-state index is 13.4. The molecule has 0 bridgehead atoms. The molecular formula is C25H28N2O4S. The van der Waals surface area contributed by atoms with Crippen LogP contribution < -0.4 is 4.74 Å². The number of amides is 2. The van der Waals surface area contributed by atoms with Crippen LogP contribution in [-0.2, 0) is 14.3 Å². The van der Waals surface area contributed by atoms with E-state index in [4.69, 9.17) is 9.47 Å². The SMILES string of the molecule is CC(C)Oc1ccc(C2=C(Sc3ccccc3)C(=O)N(CCN3CCOCC3)C2=O)cc1. The number of ether oxygens (including phenoxy) is 2. The van der Waals surface area contributed by atoms with E-state index in [1.807, 2.05) is 68.4 Å². The van der Waals surface area contributed by atoms with Crippen molar-refractivity contribution in [2.75, 3.05) is 39.4 Å². The molecule has 0 aliphatic carbocycles. The molecule has 2 amide bonds. The topological polar surface area (TPSA) is 59.1 Å². The summed E-state index contributed by atoms with van der Waals surface area (Å²) in [5.41, 5.74) is 1.19. The van der Waals surface area contributed by atoms with Gasteiger partial charge in [-0.05, 0) is 43.7 Å². The molecule has 4 rings (SSSR count). The molecule has 1 saturated heterocycles. The normalized spacial score (nSPS) is 17.5. The third-order valence-electron chi connectivity index (χ3n) is 5.35. The minimum absolute atomic E-state index is 0.0645. The van der Waals surface area contributed by atoms with Crippen molar-refractivity contribution >= 4 is 29.1 Å². The Balaban J connectivity index is 1.60. The van der Waals surface area contributed by atoms with Crippen LogP contribution in [0.25, 0.3) is 5.57 Å². The first-order chi connectivity index (χ1) is 15.5. The van der Waals surface area contributed by atoms with E-state index >= 15 is 0 Å². The lowest BCUT2D eigenvalue weighted by Gasteiger charge is -2.28. The number of nitrogens with zero attached hydrogens (tertiary/aromatic N) is 2. The van der Waals surface area contributed by atoms with Gasteiger partial charge in [0.2, 0.25) is 0 Å². The molecule has 2 aromatic rings. The minimum atomic E-state index is -0.237. The Morgan fingerprint density at radius 2 is 1.62 bits per heavy atom. The Morgan fingerprint density at radius 1 is 0.938 bits per heavy atom. The molecule has 6 nitrogen and oxygen atoms in total.